The van der Waals surface area contributed by atoms with Crippen LogP contribution in [-0.4, -0.2) is 24.1 Å². The van der Waals surface area contributed by atoms with Crippen molar-refractivity contribution in [2.24, 2.45) is 5.92 Å². The highest BCUT2D eigenvalue weighted by Crippen LogP contribution is 2.21. The molecule has 120 valence electrons. The lowest BCUT2D eigenvalue weighted by Gasteiger charge is -2.27. The molecule has 0 aliphatic heterocycles. The second kappa shape index (κ2) is 9.26. The van der Waals surface area contributed by atoms with Crippen LogP contribution in [0.15, 0.2) is 12.1 Å². The summed E-state index contributed by atoms with van der Waals surface area (Å²) in [6, 6.07) is 4.43. The highest BCUT2D eigenvalue weighted by Gasteiger charge is 2.13. The Bertz CT molecular complexity index is 416. The molecular formula is C17H30ClN3. The van der Waals surface area contributed by atoms with Crippen molar-refractivity contribution < 1.29 is 0 Å². The summed E-state index contributed by atoms with van der Waals surface area (Å²) in [5.74, 6) is 1.76. The molecule has 0 aliphatic carbocycles. The molecule has 1 aromatic heterocycles. The Balaban J connectivity index is 2.86. The second-order valence-corrected chi connectivity index (χ2v) is 6.26. The molecule has 21 heavy (non-hydrogen) atoms. The summed E-state index contributed by atoms with van der Waals surface area (Å²) < 4.78 is 0. The normalized spacial score (nSPS) is 11.4. The fourth-order valence-electron chi connectivity index (χ4n) is 2.32. The van der Waals surface area contributed by atoms with Gasteiger partial charge in [-0.25, -0.2) is 4.98 Å². The number of halogens is 1. The summed E-state index contributed by atoms with van der Waals surface area (Å²) >= 11 is 6.27. The molecule has 0 bridgehead atoms. The molecule has 1 heterocycles. The Morgan fingerprint density at radius 1 is 1.19 bits per heavy atom. The van der Waals surface area contributed by atoms with E-state index in [4.69, 9.17) is 16.6 Å². The molecular weight excluding hydrogens is 282 g/mol. The minimum absolute atomic E-state index is 0.429. The fraction of sp³-hybridized carbons (Fsp3) is 0.706. The van der Waals surface area contributed by atoms with Crippen LogP contribution in [0, 0.1) is 5.92 Å². The van der Waals surface area contributed by atoms with Crippen LogP contribution in [0.3, 0.4) is 0 Å². The van der Waals surface area contributed by atoms with E-state index in [1.807, 2.05) is 12.1 Å². The molecule has 0 saturated heterocycles. The van der Waals surface area contributed by atoms with Gasteiger partial charge in [-0.05, 0) is 25.0 Å². The zero-order valence-electron chi connectivity index (χ0n) is 14.1. The van der Waals surface area contributed by atoms with Crippen LogP contribution in [-0.2, 0) is 6.54 Å². The monoisotopic (exact) mass is 311 g/mol. The quantitative estimate of drug-likeness (QED) is 0.728. The molecule has 0 fully saturated rings. The van der Waals surface area contributed by atoms with E-state index < -0.39 is 0 Å². The van der Waals surface area contributed by atoms with E-state index in [9.17, 15) is 0 Å². The van der Waals surface area contributed by atoms with E-state index in [-0.39, 0.29) is 0 Å². The first-order chi connectivity index (χ1) is 10.0. The van der Waals surface area contributed by atoms with Gasteiger partial charge in [-0.1, -0.05) is 52.1 Å². The molecule has 1 aromatic rings. The number of nitrogens with zero attached hydrogens (tertiary/aromatic N) is 2. The number of aromatic nitrogens is 1. The summed E-state index contributed by atoms with van der Waals surface area (Å²) in [5, 5.41) is 4.13. The summed E-state index contributed by atoms with van der Waals surface area (Å²) in [6.45, 7) is 13.7. The van der Waals surface area contributed by atoms with E-state index in [0.29, 0.717) is 12.6 Å². The van der Waals surface area contributed by atoms with E-state index in [0.717, 1.165) is 35.5 Å². The van der Waals surface area contributed by atoms with Crippen LogP contribution < -0.4 is 10.2 Å². The molecule has 0 spiro atoms. The SMILES string of the molecule is CCC(CC)CN(CC)c1ccc(Cl)c(CNC(C)C)n1. The molecule has 0 aliphatic rings. The Morgan fingerprint density at radius 3 is 2.38 bits per heavy atom. The smallest absolute Gasteiger partial charge is 0.128 e. The molecule has 3 nitrogen and oxygen atoms in total. The summed E-state index contributed by atoms with van der Waals surface area (Å²) in [5.41, 5.74) is 0.936. The highest BCUT2D eigenvalue weighted by atomic mass is 35.5. The van der Waals surface area contributed by atoms with Crippen molar-refractivity contribution >= 4 is 17.4 Å². The van der Waals surface area contributed by atoms with Gasteiger partial charge in [0.1, 0.15) is 5.82 Å². The van der Waals surface area contributed by atoms with Gasteiger partial charge in [0.05, 0.1) is 10.7 Å². The Hall–Kier alpha value is -0.800. The lowest BCUT2D eigenvalue weighted by atomic mass is 10.0. The van der Waals surface area contributed by atoms with Crippen LogP contribution in [0.5, 0.6) is 0 Å². The topological polar surface area (TPSA) is 28.2 Å². The van der Waals surface area contributed by atoms with Gasteiger partial charge in [0.25, 0.3) is 0 Å². The number of rotatable bonds is 9. The molecule has 1 rings (SSSR count). The van der Waals surface area contributed by atoms with Gasteiger partial charge in [0.15, 0.2) is 0 Å². The summed E-state index contributed by atoms with van der Waals surface area (Å²) in [7, 11) is 0. The van der Waals surface area contributed by atoms with Crippen molar-refractivity contribution in [2.45, 2.75) is 60.0 Å². The van der Waals surface area contributed by atoms with Gasteiger partial charge in [0, 0.05) is 25.7 Å². The molecule has 0 amide bonds. The van der Waals surface area contributed by atoms with Crippen LogP contribution >= 0.6 is 11.6 Å². The maximum absolute atomic E-state index is 6.27. The van der Waals surface area contributed by atoms with Crippen molar-refractivity contribution in [3.05, 3.63) is 22.8 Å². The van der Waals surface area contributed by atoms with E-state index in [1.54, 1.807) is 0 Å². The van der Waals surface area contributed by atoms with Gasteiger partial charge < -0.3 is 10.2 Å². The average molecular weight is 312 g/mol. The number of pyridine rings is 1. The standard InChI is InChI=1S/C17H30ClN3/c1-6-14(7-2)12-21(8-3)17-10-9-15(18)16(20-17)11-19-13(4)5/h9-10,13-14,19H,6-8,11-12H2,1-5H3. The van der Waals surface area contributed by atoms with Crippen LogP contribution in [0.4, 0.5) is 5.82 Å². The molecule has 0 radical (unpaired) electrons. The average Bonchev–Trinajstić information content (AvgIpc) is 2.48. The number of nitrogens with one attached hydrogen (secondary N) is 1. The summed E-state index contributed by atoms with van der Waals surface area (Å²) in [6.07, 6.45) is 2.42. The molecule has 0 atom stereocenters. The molecule has 1 N–H and O–H groups in total. The van der Waals surface area contributed by atoms with Gasteiger partial charge in [-0.15, -0.1) is 0 Å². The first-order valence-corrected chi connectivity index (χ1v) is 8.53. The van der Waals surface area contributed by atoms with Crippen LogP contribution in [0.2, 0.25) is 5.02 Å². The lowest BCUT2D eigenvalue weighted by molar-refractivity contribution is 0.484. The third-order valence-corrected chi connectivity index (χ3v) is 4.26. The van der Waals surface area contributed by atoms with Gasteiger partial charge in [-0.3, -0.25) is 0 Å². The minimum Gasteiger partial charge on any atom is -0.357 e. The van der Waals surface area contributed by atoms with E-state index in [1.165, 1.54) is 12.8 Å². The van der Waals surface area contributed by atoms with Gasteiger partial charge in [-0.2, -0.15) is 0 Å². The van der Waals surface area contributed by atoms with Crippen molar-refractivity contribution in [3.8, 4) is 0 Å². The van der Waals surface area contributed by atoms with Crippen molar-refractivity contribution in [3.63, 3.8) is 0 Å². The van der Waals surface area contributed by atoms with Crippen LogP contribution in [0.1, 0.15) is 53.2 Å². The Morgan fingerprint density at radius 2 is 1.86 bits per heavy atom. The summed E-state index contributed by atoms with van der Waals surface area (Å²) in [4.78, 5) is 7.12. The van der Waals surface area contributed by atoms with E-state index in [2.05, 4.69) is 44.8 Å². The molecule has 4 heteroatoms. The largest absolute Gasteiger partial charge is 0.357 e. The number of anilines is 1. The van der Waals surface area contributed by atoms with E-state index >= 15 is 0 Å². The third-order valence-electron chi connectivity index (χ3n) is 3.92. The predicted octanol–water partition coefficient (Wildman–Crippen LogP) is 4.50. The van der Waals surface area contributed by atoms with Crippen LogP contribution in [0.25, 0.3) is 0 Å². The Kier molecular flexibility index (Phi) is 8.05. The van der Waals surface area contributed by atoms with Crippen molar-refractivity contribution in [2.75, 3.05) is 18.0 Å². The number of hydrogen-bond acceptors (Lipinski definition) is 3. The Labute approximate surface area is 135 Å². The molecule has 0 aromatic carbocycles. The van der Waals surface area contributed by atoms with Gasteiger partial charge in [0.2, 0.25) is 0 Å². The predicted molar refractivity (Wildman–Crippen MR) is 93.2 cm³/mol. The molecule has 0 unspecified atom stereocenters. The third kappa shape index (κ3) is 5.84. The maximum Gasteiger partial charge on any atom is 0.128 e. The van der Waals surface area contributed by atoms with Gasteiger partial charge >= 0.3 is 0 Å². The second-order valence-electron chi connectivity index (χ2n) is 5.85. The van der Waals surface area contributed by atoms with Crippen molar-refractivity contribution in [1.29, 1.82) is 0 Å². The zero-order valence-corrected chi connectivity index (χ0v) is 14.9. The fourth-order valence-corrected chi connectivity index (χ4v) is 2.49. The highest BCUT2D eigenvalue weighted by molar-refractivity contribution is 6.31. The number of hydrogen-bond donors (Lipinski definition) is 1. The lowest BCUT2D eigenvalue weighted by Crippen LogP contribution is -2.30. The first-order valence-electron chi connectivity index (χ1n) is 8.15. The van der Waals surface area contributed by atoms with Crippen molar-refractivity contribution in [1.82, 2.24) is 10.3 Å². The minimum atomic E-state index is 0.429. The molecule has 0 saturated carbocycles. The first kappa shape index (κ1) is 18.2. The maximum atomic E-state index is 6.27. The zero-order chi connectivity index (χ0) is 15.8.